The van der Waals surface area contributed by atoms with Crippen LogP contribution in [0.1, 0.15) is 33.7 Å². The number of thiazole rings is 1. The van der Waals surface area contributed by atoms with Gasteiger partial charge in [0, 0.05) is 12.5 Å². The maximum absolute atomic E-state index is 13.4. The molecule has 0 bridgehead atoms. The Morgan fingerprint density at radius 1 is 1.41 bits per heavy atom. The van der Waals surface area contributed by atoms with Crippen LogP contribution in [-0.4, -0.2) is 22.7 Å². The summed E-state index contributed by atoms with van der Waals surface area (Å²) in [7, 11) is 0. The molecule has 1 N–H and O–H groups in total. The van der Waals surface area contributed by atoms with Crippen molar-refractivity contribution in [2.24, 2.45) is 0 Å². The summed E-state index contributed by atoms with van der Waals surface area (Å²) in [5.74, 6) is -2.36. The number of carbonyl (C=O) groups is 1. The molecule has 118 valence electrons. The monoisotopic (exact) mass is 327 g/mol. The minimum Gasteiger partial charge on any atom is -0.491 e. The van der Waals surface area contributed by atoms with Gasteiger partial charge in [0.15, 0.2) is 11.6 Å². The van der Waals surface area contributed by atoms with Crippen LogP contribution in [0, 0.1) is 11.6 Å². The summed E-state index contributed by atoms with van der Waals surface area (Å²) in [6.45, 7) is 2.09. The average Bonchev–Trinajstić information content (AvgIpc) is 2.89. The van der Waals surface area contributed by atoms with Crippen LogP contribution in [0.3, 0.4) is 0 Å². The average molecular weight is 327 g/mol. The highest BCUT2D eigenvalue weighted by atomic mass is 32.1. The smallest absolute Gasteiger partial charge is 0.347 e. The maximum atomic E-state index is 13.4. The van der Waals surface area contributed by atoms with E-state index in [9.17, 15) is 13.6 Å². The topological polar surface area (TPSA) is 59.4 Å². The minimum absolute atomic E-state index is 0.000936. The summed E-state index contributed by atoms with van der Waals surface area (Å²) in [5.41, 5.74) is 0.581. The SMILES string of the molecule is CCc1nc(CCCOc2ccc(F)cc2F)sc1C(=O)O. The second-order valence-electron chi connectivity index (χ2n) is 4.57. The van der Waals surface area contributed by atoms with Crippen LogP contribution in [0.4, 0.5) is 8.78 Å². The van der Waals surface area contributed by atoms with Gasteiger partial charge in [0.2, 0.25) is 0 Å². The predicted molar refractivity (Wildman–Crippen MR) is 78.6 cm³/mol. The molecule has 1 heterocycles. The van der Waals surface area contributed by atoms with Crippen LogP contribution in [0.2, 0.25) is 0 Å². The van der Waals surface area contributed by atoms with E-state index in [1.54, 1.807) is 0 Å². The minimum atomic E-state index is -0.967. The molecule has 0 saturated heterocycles. The highest BCUT2D eigenvalue weighted by molar-refractivity contribution is 7.13. The Bertz CT molecular complexity index is 673. The van der Waals surface area contributed by atoms with Crippen molar-refractivity contribution in [3.8, 4) is 5.75 Å². The maximum Gasteiger partial charge on any atom is 0.347 e. The molecular formula is C15H15F2NO3S. The van der Waals surface area contributed by atoms with Crippen LogP contribution in [0.15, 0.2) is 18.2 Å². The van der Waals surface area contributed by atoms with E-state index in [4.69, 9.17) is 9.84 Å². The Kier molecular flexibility index (Phi) is 5.43. The Labute approximate surface area is 130 Å². The number of halogens is 2. The third-order valence-corrected chi connectivity index (χ3v) is 4.10. The van der Waals surface area contributed by atoms with Crippen molar-refractivity contribution in [1.82, 2.24) is 4.98 Å². The van der Waals surface area contributed by atoms with Crippen LogP contribution in [-0.2, 0) is 12.8 Å². The van der Waals surface area contributed by atoms with Crippen LogP contribution >= 0.6 is 11.3 Å². The lowest BCUT2D eigenvalue weighted by molar-refractivity contribution is 0.0701. The number of ether oxygens (including phenoxy) is 1. The number of benzene rings is 1. The van der Waals surface area contributed by atoms with Crippen molar-refractivity contribution in [2.75, 3.05) is 6.61 Å². The summed E-state index contributed by atoms with van der Waals surface area (Å²) in [5, 5.41) is 9.78. The van der Waals surface area contributed by atoms with Gasteiger partial charge in [-0.15, -0.1) is 11.3 Å². The van der Waals surface area contributed by atoms with Crippen molar-refractivity contribution in [2.45, 2.75) is 26.2 Å². The van der Waals surface area contributed by atoms with Gasteiger partial charge >= 0.3 is 5.97 Å². The van der Waals surface area contributed by atoms with Gasteiger partial charge in [0.25, 0.3) is 0 Å². The molecule has 0 radical (unpaired) electrons. The molecule has 0 spiro atoms. The Balaban J connectivity index is 1.87. The van der Waals surface area contributed by atoms with Crippen LogP contribution < -0.4 is 4.74 Å². The van der Waals surface area contributed by atoms with Crippen molar-refractivity contribution in [3.63, 3.8) is 0 Å². The molecule has 0 unspecified atom stereocenters. The number of nitrogens with zero attached hydrogens (tertiary/aromatic N) is 1. The number of carboxylic acid groups (broad SMARTS) is 1. The lowest BCUT2D eigenvalue weighted by atomic mass is 10.3. The van der Waals surface area contributed by atoms with Gasteiger partial charge in [-0.3, -0.25) is 0 Å². The fourth-order valence-corrected chi connectivity index (χ4v) is 2.95. The van der Waals surface area contributed by atoms with Crippen LogP contribution in [0.5, 0.6) is 5.75 Å². The molecule has 0 saturated carbocycles. The van der Waals surface area contributed by atoms with Gasteiger partial charge in [0.05, 0.1) is 17.3 Å². The van der Waals surface area contributed by atoms with E-state index >= 15 is 0 Å². The third kappa shape index (κ3) is 4.00. The molecule has 1 aromatic carbocycles. The van der Waals surface area contributed by atoms with E-state index in [2.05, 4.69) is 4.98 Å². The van der Waals surface area contributed by atoms with Gasteiger partial charge in [-0.25, -0.2) is 18.6 Å². The lowest BCUT2D eigenvalue weighted by Gasteiger charge is -2.06. The second-order valence-corrected chi connectivity index (χ2v) is 5.65. The lowest BCUT2D eigenvalue weighted by Crippen LogP contribution is -2.01. The molecule has 1 aromatic heterocycles. The molecule has 0 aliphatic heterocycles. The molecule has 7 heteroatoms. The fraction of sp³-hybridized carbons (Fsp3) is 0.333. The number of aromatic nitrogens is 1. The van der Waals surface area contributed by atoms with Gasteiger partial charge in [-0.05, 0) is 25.0 Å². The number of aromatic carboxylic acids is 1. The third-order valence-electron chi connectivity index (χ3n) is 2.96. The van der Waals surface area contributed by atoms with Crippen molar-refractivity contribution in [1.29, 1.82) is 0 Å². The first kappa shape index (κ1) is 16.4. The molecule has 0 atom stereocenters. The zero-order chi connectivity index (χ0) is 16.1. The highest BCUT2D eigenvalue weighted by Gasteiger charge is 2.15. The summed E-state index contributed by atoms with van der Waals surface area (Å²) in [4.78, 5) is 15.6. The van der Waals surface area contributed by atoms with E-state index in [1.807, 2.05) is 6.92 Å². The van der Waals surface area contributed by atoms with Crippen molar-refractivity contribution < 1.29 is 23.4 Å². The first-order chi connectivity index (χ1) is 10.5. The quantitative estimate of drug-likeness (QED) is 0.788. The zero-order valence-corrected chi connectivity index (χ0v) is 12.8. The summed E-state index contributed by atoms with van der Waals surface area (Å²) >= 11 is 1.15. The van der Waals surface area contributed by atoms with E-state index in [0.29, 0.717) is 25.0 Å². The number of aryl methyl sites for hydroxylation is 2. The van der Waals surface area contributed by atoms with Crippen LogP contribution in [0.25, 0.3) is 0 Å². The number of carboxylic acids is 1. The molecule has 0 aliphatic rings. The molecule has 0 amide bonds. The molecule has 2 aromatic rings. The molecule has 0 aliphatic carbocycles. The normalized spacial score (nSPS) is 10.7. The zero-order valence-electron chi connectivity index (χ0n) is 11.9. The summed E-state index contributed by atoms with van der Waals surface area (Å²) in [6, 6.07) is 3.14. The van der Waals surface area contributed by atoms with Gasteiger partial charge in [-0.2, -0.15) is 0 Å². The number of hydrogen-bond acceptors (Lipinski definition) is 4. The van der Waals surface area contributed by atoms with E-state index in [0.717, 1.165) is 28.5 Å². The second kappa shape index (κ2) is 7.31. The van der Waals surface area contributed by atoms with Crippen molar-refractivity contribution >= 4 is 17.3 Å². The first-order valence-corrected chi connectivity index (χ1v) is 7.62. The molecule has 4 nitrogen and oxygen atoms in total. The molecule has 22 heavy (non-hydrogen) atoms. The van der Waals surface area contributed by atoms with E-state index in [1.165, 1.54) is 6.07 Å². The van der Waals surface area contributed by atoms with Gasteiger partial charge < -0.3 is 9.84 Å². The predicted octanol–water partition coefficient (Wildman–Crippen LogP) is 3.69. The van der Waals surface area contributed by atoms with E-state index in [-0.39, 0.29) is 17.2 Å². The largest absolute Gasteiger partial charge is 0.491 e. The Hall–Kier alpha value is -2.02. The standard InChI is InChI=1S/C15H15F2NO3S/c1-2-11-14(15(19)20)22-13(18-11)4-3-7-21-12-6-5-9(16)8-10(12)17/h5-6,8H,2-4,7H2,1H3,(H,19,20). The highest BCUT2D eigenvalue weighted by Crippen LogP contribution is 2.21. The molecule has 0 fully saturated rings. The summed E-state index contributed by atoms with van der Waals surface area (Å²) in [6.07, 6.45) is 1.68. The van der Waals surface area contributed by atoms with Crippen molar-refractivity contribution in [3.05, 3.63) is 45.4 Å². The Morgan fingerprint density at radius 3 is 2.77 bits per heavy atom. The van der Waals surface area contributed by atoms with Gasteiger partial charge in [0.1, 0.15) is 10.7 Å². The number of rotatable bonds is 7. The fourth-order valence-electron chi connectivity index (χ4n) is 1.91. The van der Waals surface area contributed by atoms with Gasteiger partial charge in [-0.1, -0.05) is 6.92 Å². The number of hydrogen-bond donors (Lipinski definition) is 1. The Morgan fingerprint density at radius 2 is 2.18 bits per heavy atom. The molecule has 2 rings (SSSR count). The molecular weight excluding hydrogens is 312 g/mol. The first-order valence-electron chi connectivity index (χ1n) is 6.81. The van der Waals surface area contributed by atoms with E-state index < -0.39 is 17.6 Å². The summed E-state index contributed by atoms with van der Waals surface area (Å²) < 4.78 is 31.3.